The largest absolute Gasteiger partial charge is 0.508 e. The highest BCUT2D eigenvalue weighted by molar-refractivity contribution is 5.98. The number of hydrogen-bond acceptors (Lipinski definition) is 4. The topological polar surface area (TPSA) is 53.0 Å². The van der Waals surface area contributed by atoms with Gasteiger partial charge in [0.25, 0.3) is 5.91 Å². The molecule has 2 aliphatic heterocycles. The summed E-state index contributed by atoms with van der Waals surface area (Å²) >= 11 is 0. The van der Waals surface area contributed by atoms with E-state index in [1.54, 1.807) is 18.2 Å². The lowest BCUT2D eigenvalue weighted by molar-refractivity contribution is 0.0327. The van der Waals surface area contributed by atoms with Gasteiger partial charge in [-0.25, -0.2) is 0 Å². The summed E-state index contributed by atoms with van der Waals surface area (Å²) in [5.74, 6) is 0.296. The number of rotatable bonds is 3. The van der Waals surface area contributed by atoms with Gasteiger partial charge in [-0.05, 0) is 23.8 Å². The average Bonchev–Trinajstić information content (AvgIpc) is 2.74. The van der Waals surface area contributed by atoms with E-state index in [0.717, 1.165) is 50.5 Å². The molecule has 5 nitrogen and oxygen atoms in total. The van der Waals surface area contributed by atoms with E-state index < -0.39 is 0 Å². The van der Waals surface area contributed by atoms with Gasteiger partial charge in [-0.1, -0.05) is 0 Å². The Bertz CT molecular complexity index is 484. The van der Waals surface area contributed by atoms with E-state index in [0.29, 0.717) is 6.54 Å². The predicted molar refractivity (Wildman–Crippen MR) is 70.1 cm³/mol. The van der Waals surface area contributed by atoms with E-state index in [9.17, 15) is 9.90 Å². The normalized spacial score (nSPS) is 19.8. The summed E-state index contributed by atoms with van der Waals surface area (Å²) in [4.78, 5) is 16.3. The van der Waals surface area contributed by atoms with Crippen molar-refractivity contribution in [3.05, 3.63) is 29.3 Å². The molecule has 0 unspecified atom stereocenters. The highest BCUT2D eigenvalue weighted by Gasteiger charge is 2.27. The van der Waals surface area contributed by atoms with Crippen molar-refractivity contribution in [2.24, 2.45) is 0 Å². The van der Waals surface area contributed by atoms with Crippen molar-refractivity contribution in [2.45, 2.75) is 6.54 Å². The van der Waals surface area contributed by atoms with E-state index >= 15 is 0 Å². The van der Waals surface area contributed by atoms with Crippen molar-refractivity contribution >= 4 is 5.91 Å². The fourth-order valence-electron chi connectivity index (χ4n) is 2.63. The van der Waals surface area contributed by atoms with Gasteiger partial charge in [0.15, 0.2) is 0 Å². The Hall–Kier alpha value is -1.59. The van der Waals surface area contributed by atoms with Crippen molar-refractivity contribution in [1.82, 2.24) is 9.80 Å². The van der Waals surface area contributed by atoms with Gasteiger partial charge in [0.1, 0.15) is 5.75 Å². The fourth-order valence-corrected chi connectivity index (χ4v) is 2.63. The minimum atomic E-state index is 0.0725. The minimum Gasteiger partial charge on any atom is -0.508 e. The van der Waals surface area contributed by atoms with Crippen molar-refractivity contribution < 1.29 is 14.6 Å². The maximum Gasteiger partial charge on any atom is 0.254 e. The van der Waals surface area contributed by atoms with Crippen LogP contribution < -0.4 is 0 Å². The quantitative estimate of drug-likeness (QED) is 0.870. The molecule has 0 aliphatic carbocycles. The number of hydrogen-bond donors (Lipinski definition) is 1. The van der Waals surface area contributed by atoms with Crippen LogP contribution in [0.15, 0.2) is 18.2 Å². The number of fused-ring (bicyclic) bond motifs is 1. The molecule has 0 spiro atoms. The molecule has 0 atom stereocenters. The first-order valence-electron chi connectivity index (χ1n) is 6.65. The molecule has 1 N–H and O–H groups in total. The molecule has 102 valence electrons. The zero-order chi connectivity index (χ0) is 13.2. The molecule has 0 radical (unpaired) electrons. The maximum absolute atomic E-state index is 12.2. The van der Waals surface area contributed by atoms with Crippen molar-refractivity contribution in [1.29, 1.82) is 0 Å². The number of aromatic hydroxyl groups is 1. The van der Waals surface area contributed by atoms with E-state index in [-0.39, 0.29) is 11.7 Å². The van der Waals surface area contributed by atoms with Crippen LogP contribution in [-0.2, 0) is 11.3 Å². The highest BCUT2D eigenvalue weighted by atomic mass is 16.5. The van der Waals surface area contributed by atoms with Gasteiger partial charge in [0, 0.05) is 38.3 Å². The molecular weight excluding hydrogens is 244 g/mol. The number of nitrogens with zero attached hydrogens (tertiary/aromatic N) is 2. The number of ether oxygens (including phenoxy) is 1. The van der Waals surface area contributed by atoms with Crippen LogP contribution in [-0.4, -0.2) is 60.2 Å². The molecule has 0 bridgehead atoms. The SMILES string of the molecule is O=C1c2ccc(O)cc2CN1CCN1CCOCC1. The molecule has 1 saturated heterocycles. The molecule has 2 aliphatic rings. The molecule has 3 rings (SSSR count). The van der Waals surface area contributed by atoms with Crippen molar-refractivity contribution in [3.63, 3.8) is 0 Å². The number of carbonyl (C=O) groups excluding carboxylic acids is 1. The molecule has 0 aromatic heterocycles. The second-order valence-corrected chi connectivity index (χ2v) is 5.02. The van der Waals surface area contributed by atoms with E-state index in [2.05, 4.69) is 4.90 Å². The first-order chi connectivity index (χ1) is 9.24. The Morgan fingerprint density at radius 2 is 2.00 bits per heavy atom. The number of morpholine rings is 1. The summed E-state index contributed by atoms with van der Waals surface area (Å²) in [7, 11) is 0. The Labute approximate surface area is 112 Å². The van der Waals surface area contributed by atoms with Crippen LogP contribution in [0, 0.1) is 0 Å². The lowest BCUT2D eigenvalue weighted by Crippen LogP contribution is -2.41. The van der Waals surface area contributed by atoms with Gasteiger partial charge in [0.05, 0.1) is 13.2 Å². The first-order valence-corrected chi connectivity index (χ1v) is 6.65. The third-order valence-corrected chi connectivity index (χ3v) is 3.76. The molecule has 1 amide bonds. The second kappa shape index (κ2) is 5.19. The Balaban J connectivity index is 1.60. The number of phenolic OH excluding ortho intramolecular Hbond substituents is 1. The summed E-state index contributed by atoms with van der Waals surface area (Å²) in [6.07, 6.45) is 0. The molecule has 19 heavy (non-hydrogen) atoms. The number of benzene rings is 1. The average molecular weight is 262 g/mol. The van der Waals surface area contributed by atoms with Gasteiger partial charge in [-0.3, -0.25) is 9.69 Å². The van der Waals surface area contributed by atoms with Gasteiger partial charge in [-0.2, -0.15) is 0 Å². The molecule has 1 aromatic rings. The maximum atomic E-state index is 12.2. The van der Waals surface area contributed by atoms with E-state index in [4.69, 9.17) is 4.74 Å². The Kier molecular flexibility index (Phi) is 3.40. The zero-order valence-electron chi connectivity index (χ0n) is 10.8. The van der Waals surface area contributed by atoms with Crippen LogP contribution in [0.3, 0.4) is 0 Å². The van der Waals surface area contributed by atoms with Crippen LogP contribution in [0.1, 0.15) is 15.9 Å². The van der Waals surface area contributed by atoms with Crippen LogP contribution >= 0.6 is 0 Å². The summed E-state index contributed by atoms with van der Waals surface area (Å²) in [5, 5.41) is 9.45. The molecule has 1 aromatic carbocycles. The number of carbonyl (C=O) groups is 1. The van der Waals surface area contributed by atoms with Gasteiger partial charge in [0.2, 0.25) is 0 Å². The Morgan fingerprint density at radius 1 is 1.21 bits per heavy atom. The van der Waals surface area contributed by atoms with Crippen LogP contribution in [0.25, 0.3) is 0 Å². The zero-order valence-corrected chi connectivity index (χ0v) is 10.8. The molecular formula is C14H18N2O3. The monoisotopic (exact) mass is 262 g/mol. The number of amides is 1. The van der Waals surface area contributed by atoms with Crippen molar-refractivity contribution in [2.75, 3.05) is 39.4 Å². The summed E-state index contributed by atoms with van der Waals surface area (Å²) < 4.78 is 5.31. The van der Waals surface area contributed by atoms with E-state index in [1.165, 1.54) is 0 Å². The fraction of sp³-hybridized carbons (Fsp3) is 0.500. The lowest BCUT2D eigenvalue weighted by Gasteiger charge is -2.28. The molecule has 0 saturated carbocycles. The molecule has 1 fully saturated rings. The van der Waals surface area contributed by atoms with Crippen LogP contribution in [0.5, 0.6) is 5.75 Å². The molecule has 5 heteroatoms. The summed E-state index contributed by atoms with van der Waals surface area (Å²) in [6.45, 7) is 5.66. The Morgan fingerprint density at radius 3 is 2.79 bits per heavy atom. The lowest BCUT2D eigenvalue weighted by atomic mass is 10.1. The van der Waals surface area contributed by atoms with Crippen LogP contribution in [0.2, 0.25) is 0 Å². The smallest absolute Gasteiger partial charge is 0.254 e. The van der Waals surface area contributed by atoms with Crippen LogP contribution in [0.4, 0.5) is 0 Å². The predicted octanol–water partition coefficient (Wildman–Crippen LogP) is 0.680. The standard InChI is InChI=1S/C14H18N2O3/c17-12-1-2-13-11(9-12)10-16(14(13)18)4-3-15-5-7-19-8-6-15/h1-2,9,17H,3-8,10H2. The number of phenols is 1. The third kappa shape index (κ3) is 2.57. The van der Waals surface area contributed by atoms with Gasteiger partial charge >= 0.3 is 0 Å². The summed E-state index contributed by atoms with van der Waals surface area (Å²) in [5.41, 5.74) is 1.65. The first kappa shape index (κ1) is 12.4. The second-order valence-electron chi connectivity index (χ2n) is 5.02. The highest BCUT2D eigenvalue weighted by Crippen LogP contribution is 2.25. The van der Waals surface area contributed by atoms with Crippen molar-refractivity contribution in [3.8, 4) is 5.75 Å². The third-order valence-electron chi connectivity index (χ3n) is 3.76. The minimum absolute atomic E-state index is 0.0725. The van der Waals surface area contributed by atoms with E-state index in [1.807, 2.05) is 4.90 Å². The summed E-state index contributed by atoms with van der Waals surface area (Å²) in [6, 6.07) is 4.96. The van der Waals surface area contributed by atoms with Gasteiger partial charge in [-0.15, -0.1) is 0 Å². The molecule has 2 heterocycles. The van der Waals surface area contributed by atoms with Gasteiger partial charge < -0.3 is 14.7 Å².